The SMILES string of the molecule is COc1ccc(Br)c(OC)c1C(=O)c1ccco1. The Morgan fingerprint density at radius 1 is 1.22 bits per heavy atom. The molecule has 94 valence electrons. The van der Waals surface area contributed by atoms with Crippen LogP contribution < -0.4 is 9.47 Å². The third-order valence-corrected chi connectivity index (χ3v) is 3.09. The molecule has 0 amide bonds. The minimum atomic E-state index is -0.282. The molecule has 0 aliphatic rings. The zero-order chi connectivity index (χ0) is 13.1. The topological polar surface area (TPSA) is 48.7 Å². The Labute approximate surface area is 113 Å². The molecule has 0 bridgehead atoms. The number of rotatable bonds is 4. The molecule has 5 heteroatoms. The Balaban J connectivity index is 2.61. The first kappa shape index (κ1) is 12.7. The van der Waals surface area contributed by atoms with Gasteiger partial charge in [-0.3, -0.25) is 4.79 Å². The number of carbonyl (C=O) groups excluding carboxylic acids is 1. The third-order valence-electron chi connectivity index (χ3n) is 2.47. The number of benzene rings is 1. The van der Waals surface area contributed by atoms with Gasteiger partial charge in [-0.05, 0) is 40.2 Å². The molecule has 4 nitrogen and oxygen atoms in total. The smallest absolute Gasteiger partial charge is 0.235 e. The van der Waals surface area contributed by atoms with Gasteiger partial charge in [0.15, 0.2) is 5.76 Å². The summed E-state index contributed by atoms with van der Waals surface area (Å²) in [7, 11) is 3.00. The van der Waals surface area contributed by atoms with E-state index in [-0.39, 0.29) is 11.5 Å². The summed E-state index contributed by atoms with van der Waals surface area (Å²) in [6.45, 7) is 0. The molecule has 2 rings (SSSR count). The van der Waals surface area contributed by atoms with E-state index in [0.717, 1.165) is 0 Å². The Hall–Kier alpha value is -1.75. The van der Waals surface area contributed by atoms with E-state index in [2.05, 4.69) is 15.9 Å². The summed E-state index contributed by atoms with van der Waals surface area (Å²) in [6, 6.07) is 6.71. The Morgan fingerprint density at radius 2 is 2.00 bits per heavy atom. The Morgan fingerprint density at radius 3 is 2.56 bits per heavy atom. The number of hydrogen-bond acceptors (Lipinski definition) is 4. The van der Waals surface area contributed by atoms with Crippen molar-refractivity contribution >= 4 is 21.7 Å². The van der Waals surface area contributed by atoms with Gasteiger partial charge in [0.1, 0.15) is 17.1 Å². The standard InChI is InChI=1S/C13H11BrO4/c1-16-9-6-5-8(14)13(17-2)11(9)12(15)10-4-3-7-18-10/h3-7H,1-2H3. The van der Waals surface area contributed by atoms with E-state index in [1.165, 1.54) is 20.5 Å². The highest BCUT2D eigenvalue weighted by Gasteiger charge is 2.23. The second-order valence-corrected chi connectivity index (χ2v) is 4.32. The van der Waals surface area contributed by atoms with E-state index in [1.807, 2.05) is 0 Å². The number of hydrogen-bond donors (Lipinski definition) is 0. The molecule has 0 aliphatic carbocycles. The molecule has 1 aromatic heterocycles. The number of furan rings is 1. The lowest BCUT2D eigenvalue weighted by Crippen LogP contribution is -2.06. The van der Waals surface area contributed by atoms with Crippen molar-refractivity contribution in [2.24, 2.45) is 0 Å². The summed E-state index contributed by atoms with van der Waals surface area (Å²) < 4.78 is 16.2. The van der Waals surface area contributed by atoms with Crippen LogP contribution in [0.3, 0.4) is 0 Å². The summed E-state index contributed by atoms with van der Waals surface area (Å²) in [5.41, 5.74) is 0.337. The minimum absolute atomic E-state index is 0.240. The van der Waals surface area contributed by atoms with E-state index in [1.54, 1.807) is 24.3 Å². The van der Waals surface area contributed by atoms with Crippen molar-refractivity contribution in [3.63, 3.8) is 0 Å². The van der Waals surface area contributed by atoms with E-state index in [0.29, 0.717) is 21.5 Å². The Bertz CT molecular complexity index is 561. The van der Waals surface area contributed by atoms with Gasteiger partial charge in [0.2, 0.25) is 5.78 Å². The van der Waals surface area contributed by atoms with Gasteiger partial charge in [-0.25, -0.2) is 0 Å². The summed E-state index contributed by atoms with van der Waals surface area (Å²) >= 11 is 3.34. The summed E-state index contributed by atoms with van der Waals surface area (Å²) in [5.74, 6) is 0.826. The molecule has 0 saturated heterocycles. The first-order chi connectivity index (χ1) is 8.69. The monoisotopic (exact) mass is 310 g/mol. The number of halogens is 1. The zero-order valence-corrected chi connectivity index (χ0v) is 11.5. The molecule has 2 aromatic rings. The molecule has 18 heavy (non-hydrogen) atoms. The van der Waals surface area contributed by atoms with Crippen LogP contribution in [0.15, 0.2) is 39.4 Å². The average molecular weight is 311 g/mol. The fraction of sp³-hybridized carbons (Fsp3) is 0.154. The molecular formula is C13H11BrO4. The lowest BCUT2D eigenvalue weighted by Gasteiger charge is -2.12. The zero-order valence-electron chi connectivity index (χ0n) is 9.90. The van der Waals surface area contributed by atoms with Gasteiger partial charge >= 0.3 is 0 Å². The van der Waals surface area contributed by atoms with Crippen LogP contribution in [0.1, 0.15) is 16.1 Å². The molecule has 0 atom stereocenters. The summed E-state index contributed by atoms with van der Waals surface area (Å²) in [5, 5.41) is 0. The summed E-state index contributed by atoms with van der Waals surface area (Å²) in [6.07, 6.45) is 1.45. The normalized spacial score (nSPS) is 10.2. The number of ketones is 1. The predicted octanol–water partition coefficient (Wildman–Crippen LogP) is 3.29. The van der Waals surface area contributed by atoms with E-state index in [4.69, 9.17) is 13.9 Å². The molecule has 1 heterocycles. The van der Waals surface area contributed by atoms with E-state index >= 15 is 0 Å². The van der Waals surface area contributed by atoms with Crippen molar-refractivity contribution in [1.29, 1.82) is 0 Å². The van der Waals surface area contributed by atoms with Crippen LogP contribution in [-0.4, -0.2) is 20.0 Å². The molecule has 0 radical (unpaired) electrons. The van der Waals surface area contributed by atoms with Crippen LogP contribution in [-0.2, 0) is 0 Å². The van der Waals surface area contributed by atoms with Crippen molar-refractivity contribution in [1.82, 2.24) is 0 Å². The highest BCUT2D eigenvalue weighted by Crippen LogP contribution is 2.37. The van der Waals surface area contributed by atoms with Crippen molar-refractivity contribution in [3.8, 4) is 11.5 Å². The summed E-state index contributed by atoms with van der Waals surface area (Å²) in [4.78, 5) is 12.3. The molecule has 0 N–H and O–H groups in total. The highest BCUT2D eigenvalue weighted by atomic mass is 79.9. The van der Waals surface area contributed by atoms with Crippen molar-refractivity contribution in [2.75, 3.05) is 14.2 Å². The van der Waals surface area contributed by atoms with Crippen molar-refractivity contribution in [2.45, 2.75) is 0 Å². The van der Waals surface area contributed by atoms with Gasteiger partial charge < -0.3 is 13.9 Å². The van der Waals surface area contributed by atoms with Gasteiger partial charge in [0, 0.05) is 0 Å². The molecule has 0 fully saturated rings. The number of methoxy groups -OCH3 is 2. The van der Waals surface area contributed by atoms with Crippen LogP contribution in [0.25, 0.3) is 0 Å². The van der Waals surface area contributed by atoms with Crippen LogP contribution in [0.2, 0.25) is 0 Å². The lowest BCUT2D eigenvalue weighted by atomic mass is 10.1. The van der Waals surface area contributed by atoms with Gasteiger partial charge in [-0.2, -0.15) is 0 Å². The maximum absolute atomic E-state index is 12.3. The van der Waals surface area contributed by atoms with E-state index < -0.39 is 0 Å². The van der Waals surface area contributed by atoms with Crippen molar-refractivity contribution < 1.29 is 18.7 Å². The largest absolute Gasteiger partial charge is 0.496 e. The van der Waals surface area contributed by atoms with Crippen LogP contribution in [0, 0.1) is 0 Å². The number of ether oxygens (including phenoxy) is 2. The molecular weight excluding hydrogens is 300 g/mol. The lowest BCUT2D eigenvalue weighted by molar-refractivity contribution is 0.100. The fourth-order valence-corrected chi connectivity index (χ4v) is 2.15. The average Bonchev–Trinajstić information content (AvgIpc) is 2.91. The second kappa shape index (κ2) is 5.27. The second-order valence-electron chi connectivity index (χ2n) is 3.46. The molecule has 0 saturated carbocycles. The Kier molecular flexibility index (Phi) is 3.72. The molecule has 1 aromatic carbocycles. The molecule has 0 unspecified atom stereocenters. The van der Waals surface area contributed by atoms with Gasteiger partial charge in [0.25, 0.3) is 0 Å². The first-order valence-electron chi connectivity index (χ1n) is 5.17. The van der Waals surface area contributed by atoms with Gasteiger partial charge in [-0.1, -0.05) is 0 Å². The van der Waals surface area contributed by atoms with Crippen LogP contribution in [0.5, 0.6) is 11.5 Å². The highest BCUT2D eigenvalue weighted by molar-refractivity contribution is 9.10. The van der Waals surface area contributed by atoms with Gasteiger partial charge in [-0.15, -0.1) is 0 Å². The van der Waals surface area contributed by atoms with Crippen molar-refractivity contribution in [3.05, 3.63) is 46.3 Å². The third kappa shape index (κ3) is 2.13. The maximum atomic E-state index is 12.3. The number of carbonyl (C=O) groups is 1. The van der Waals surface area contributed by atoms with Gasteiger partial charge in [0.05, 0.1) is 25.0 Å². The minimum Gasteiger partial charge on any atom is -0.496 e. The predicted molar refractivity (Wildman–Crippen MR) is 69.4 cm³/mol. The van der Waals surface area contributed by atoms with Crippen LogP contribution >= 0.6 is 15.9 Å². The maximum Gasteiger partial charge on any atom is 0.235 e. The van der Waals surface area contributed by atoms with E-state index in [9.17, 15) is 4.79 Å². The quantitative estimate of drug-likeness (QED) is 0.813. The molecule has 0 spiro atoms. The molecule has 0 aliphatic heterocycles. The fourth-order valence-electron chi connectivity index (χ4n) is 1.65. The van der Waals surface area contributed by atoms with Crippen LogP contribution in [0.4, 0.5) is 0 Å². The first-order valence-corrected chi connectivity index (χ1v) is 5.97.